The van der Waals surface area contributed by atoms with Crippen LogP contribution in [-0.2, 0) is 4.79 Å². The van der Waals surface area contributed by atoms with Crippen molar-refractivity contribution in [3.05, 3.63) is 99.3 Å². The second-order valence-electron chi connectivity index (χ2n) is 7.25. The number of carbonyl (C=O) groups is 1. The second kappa shape index (κ2) is 9.72. The van der Waals surface area contributed by atoms with E-state index in [-0.39, 0.29) is 33.9 Å². The van der Waals surface area contributed by atoms with Gasteiger partial charge in [0.15, 0.2) is 5.16 Å². The van der Waals surface area contributed by atoms with E-state index in [1.807, 2.05) is 19.1 Å². The summed E-state index contributed by atoms with van der Waals surface area (Å²) in [6.45, 7) is 1.81. The SMILES string of the molecule is CC(NC(=O)CSc1nc2ccccc2c(=O)n1-c1ccc(F)cc1F)c1ccccc1Cl. The normalized spacial score (nSPS) is 12.0. The maximum absolute atomic E-state index is 14.6. The van der Waals surface area contributed by atoms with Crippen LogP contribution in [0.25, 0.3) is 16.6 Å². The third-order valence-electron chi connectivity index (χ3n) is 4.98. The van der Waals surface area contributed by atoms with Gasteiger partial charge in [0.25, 0.3) is 5.56 Å². The summed E-state index contributed by atoms with van der Waals surface area (Å²) < 4.78 is 29.1. The maximum Gasteiger partial charge on any atom is 0.266 e. The lowest BCUT2D eigenvalue weighted by Crippen LogP contribution is -2.29. The number of para-hydroxylation sites is 1. The van der Waals surface area contributed by atoms with Crippen molar-refractivity contribution in [2.75, 3.05) is 5.75 Å². The van der Waals surface area contributed by atoms with Crippen LogP contribution >= 0.6 is 23.4 Å². The molecule has 4 rings (SSSR count). The summed E-state index contributed by atoms with van der Waals surface area (Å²) >= 11 is 7.18. The minimum absolute atomic E-state index is 0.0810. The van der Waals surface area contributed by atoms with Crippen molar-refractivity contribution < 1.29 is 13.6 Å². The number of nitrogens with zero attached hydrogens (tertiary/aromatic N) is 2. The van der Waals surface area contributed by atoms with Gasteiger partial charge in [0.1, 0.15) is 11.6 Å². The van der Waals surface area contributed by atoms with Crippen LogP contribution in [0.15, 0.2) is 76.7 Å². The average molecular weight is 486 g/mol. The summed E-state index contributed by atoms with van der Waals surface area (Å²) in [4.78, 5) is 30.2. The fourth-order valence-corrected chi connectivity index (χ4v) is 4.52. The number of rotatable bonds is 6. The Kier molecular flexibility index (Phi) is 6.76. The number of carbonyl (C=O) groups excluding carboxylic acids is 1. The Bertz CT molecular complexity index is 1410. The molecule has 1 aromatic heterocycles. The molecule has 1 N–H and O–H groups in total. The summed E-state index contributed by atoms with van der Waals surface area (Å²) in [7, 11) is 0. The van der Waals surface area contributed by atoms with E-state index < -0.39 is 17.2 Å². The number of hydrogen-bond acceptors (Lipinski definition) is 4. The fraction of sp³-hybridized carbons (Fsp3) is 0.125. The van der Waals surface area contributed by atoms with Crippen molar-refractivity contribution in [2.24, 2.45) is 0 Å². The Labute approximate surface area is 197 Å². The van der Waals surface area contributed by atoms with E-state index in [4.69, 9.17) is 11.6 Å². The molecule has 1 atom stereocenters. The molecule has 33 heavy (non-hydrogen) atoms. The van der Waals surface area contributed by atoms with E-state index in [1.165, 1.54) is 6.07 Å². The lowest BCUT2D eigenvalue weighted by Gasteiger charge is -2.16. The van der Waals surface area contributed by atoms with Crippen LogP contribution in [0.3, 0.4) is 0 Å². The van der Waals surface area contributed by atoms with Crippen LogP contribution in [0.1, 0.15) is 18.5 Å². The van der Waals surface area contributed by atoms with Crippen LogP contribution in [0, 0.1) is 11.6 Å². The number of aromatic nitrogens is 2. The zero-order chi connectivity index (χ0) is 23.5. The quantitative estimate of drug-likeness (QED) is 0.298. The van der Waals surface area contributed by atoms with E-state index in [1.54, 1.807) is 36.4 Å². The Morgan fingerprint density at radius 3 is 2.61 bits per heavy atom. The second-order valence-corrected chi connectivity index (χ2v) is 8.60. The van der Waals surface area contributed by atoms with Crippen molar-refractivity contribution in [2.45, 2.75) is 18.1 Å². The van der Waals surface area contributed by atoms with Crippen molar-refractivity contribution >= 4 is 40.2 Å². The van der Waals surface area contributed by atoms with Gasteiger partial charge < -0.3 is 5.32 Å². The molecule has 0 aliphatic carbocycles. The fourth-order valence-electron chi connectivity index (χ4n) is 3.40. The molecule has 0 aliphatic rings. The van der Waals surface area contributed by atoms with Crippen LogP contribution in [0.4, 0.5) is 8.78 Å². The predicted octanol–water partition coefficient (Wildman–Crippen LogP) is 5.29. The van der Waals surface area contributed by atoms with E-state index in [9.17, 15) is 18.4 Å². The minimum atomic E-state index is -0.909. The van der Waals surface area contributed by atoms with Gasteiger partial charge in [0.05, 0.1) is 28.4 Å². The van der Waals surface area contributed by atoms with Gasteiger partial charge in [-0.3, -0.25) is 14.2 Å². The highest BCUT2D eigenvalue weighted by molar-refractivity contribution is 7.99. The highest BCUT2D eigenvalue weighted by Gasteiger charge is 2.19. The third kappa shape index (κ3) is 4.91. The zero-order valence-electron chi connectivity index (χ0n) is 17.4. The van der Waals surface area contributed by atoms with Crippen LogP contribution in [-0.4, -0.2) is 21.2 Å². The first-order chi connectivity index (χ1) is 15.8. The molecule has 0 saturated carbocycles. The first-order valence-electron chi connectivity index (χ1n) is 9.99. The van der Waals surface area contributed by atoms with Gasteiger partial charge in [0.2, 0.25) is 5.91 Å². The van der Waals surface area contributed by atoms with E-state index in [0.29, 0.717) is 16.6 Å². The highest BCUT2D eigenvalue weighted by Crippen LogP contribution is 2.25. The van der Waals surface area contributed by atoms with Crippen LogP contribution in [0.5, 0.6) is 0 Å². The molecule has 168 valence electrons. The number of amides is 1. The van der Waals surface area contributed by atoms with Crippen LogP contribution in [0.2, 0.25) is 5.02 Å². The van der Waals surface area contributed by atoms with E-state index in [2.05, 4.69) is 10.3 Å². The molecule has 9 heteroatoms. The predicted molar refractivity (Wildman–Crippen MR) is 126 cm³/mol. The molecule has 0 aliphatic heterocycles. The molecule has 0 spiro atoms. The van der Waals surface area contributed by atoms with Gasteiger partial charge in [-0.15, -0.1) is 0 Å². The Balaban J connectivity index is 1.65. The molecule has 5 nitrogen and oxygen atoms in total. The molecule has 1 amide bonds. The van der Waals surface area contributed by atoms with Gasteiger partial charge in [0, 0.05) is 11.1 Å². The molecular formula is C24H18ClF2N3O2S. The monoisotopic (exact) mass is 485 g/mol. The summed E-state index contributed by atoms with van der Waals surface area (Å²) in [5, 5.41) is 3.79. The summed E-state index contributed by atoms with van der Waals surface area (Å²) in [5.74, 6) is -2.07. The van der Waals surface area contributed by atoms with E-state index >= 15 is 0 Å². The maximum atomic E-state index is 14.6. The van der Waals surface area contributed by atoms with E-state index in [0.717, 1.165) is 28.0 Å². The molecule has 0 saturated heterocycles. The standard InChI is InChI=1S/C24H18ClF2N3O2S/c1-14(16-6-2-4-8-18(16)25)28-22(31)13-33-24-29-20-9-5-3-7-17(20)23(32)30(24)21-11-10-15(26)12-19(21)27/h2-12,14H,13H2,1H3,(H,28,31). The largest absolute Gasteiger partial charge is 0.349 e. The number of hydrogen-bond donors (Lipinski definition) is 1. The van der Waals surface area contributed by atoms with Crippen molar-refractivity contribution in [1.29, 1.82) is 0 Å². The summed E-state index contributed by atoms with van der Waals surface area (Å²) in [5.41, 5.74) is 0.519. The van der Waals surface area contributed by atoms with Gasteiger partial charge in [-0.25, -0.2) is 13.8 Å². The van der Waals surface area contributed by atoms with Crippen molar-refractivity contribution in [1.82, 2.24) is 14.9 Å². The third-order valence-corrected chi connectivity index (χ3v) is 6.26. The molecular weight excluding hydrogens is 468 g/mol. The number of benzene rings is 3. The minimum Gasteiger partial charge on any atom is -0.349 e. The number of fused-ring (bicyclic) bond motifs is 1. The van der Waals surface area contributed by atoms with Crippen molar-refractivity contribution in [3.8, 4) is 5.69 Å². The summed E-state index contributed by atoms with van der Waals surface area (Å²) in [6, 6.07) is 16.4. The van der Waals surface area contributed by atoms with Gasteiger partial charge in [-0.1, -0.05) is 53.7 Å². The lowest BCUT2D eigenvalue weighted by atomic mass is 10.1. The molecule has 0 fully saturated rings. The van der Waals surface area contributed by atoms with Crippen molar-refractivity contribution in [3.63, 3.8) is 0 Å². The number of halogens is 3. The first kappa shape index (κ1) is 22.9. The van der Waals surface area contributed by atoms with Crippen LogP contribution < -0.4 is 10.9 Å². The zero-order valence-corrected chi connectivity index (χ0v) is 19.0. The lowest BCUT2D eigenvalue weighted by molar-refractivity contribution is -0.119. The molecule has 0 bridgehead atoms. The molecule has 3 aromatic carbocycles. The molecule has 1 heterocycles. The molecule has 0 radical (unpaired) electrons. The molecule has 1 unspecified atom stereocenters. The highest BCUT2D eigenvalue weighted by atomic mass is 35.5. The number of thioether (sulfide) groups is 1. The number of nitrogens with one attached hydrogen (secondary N) is 1. The molecule has 4 aromatic rings. The smallest absolute Gasteiger partial charge is 0.266 e. The Morgan fingerprint density at radius 2 is 1.85 bits per heavy atom. The topological polar surface area (TPSA) is 64.0 Å². The Morgan fingerprint density at radius 1 is 1.12 bits per heavy atom. The van der Waals surface area contributed by atoms with Gasteiger partial charge >= 0.3 is 0 Å². The summed E-state index contributed by atoms with van der Waals surface area (Å²) in [6.07, 6.45) is 0. The first-order valence-corrected chi connectivity index (χ1v) is 11.4. The average Bonchev–Trinajstić information content (AvgIpc) is 2.79. The Hall–Kier alpha value is -3.23. The van der Waals surface area contributed by atoms with Gasteiger partial charge in [-0.2, -0.15) is 0 Å². The van der Waals surface area contributed by atoms with Gasteiger partial charge in [-0.05, 0) is 42.8 Å².